The molecular weight excluding hydrogens is 394 g/mol. The van der Waals surface area contributed by atoms with Gasteiger partial charge in [0.05, 0.1) is 7.11 Å². The van der Waals surface area contributed by atoms with Crippen LogP contribution in [0.2, 0.25) is 0 Å². The minimum Gasteiger partial charge on any atom is -0.497 e. The molecule has 1 aromatic heterocycles. The molecule has 3 rings (SSSR count). The maximum Gasteiger partial charge on any atom is 0.227 e. The van der Waals surface area contributed by atoms with Crippen LogP contribution in [-0.2, 0) is 17.8 Å². The quantitative estimate of drug-likeness (QED) is 0.549. The number of benzene rings is 2. The molecule has 2 aromatic carbocycles. The Morgan fingerprint density at radius 3 is 2.35 bits per heavy atom. The highest BCUT2D eigenvalue weighted by atomic mass is 16.5. The zero-order valence-corrected chi connectivity index (χ0v) is 17.4. The molecule has 0 aliphatic carbocycles. The first-order valence-corrected chi connectivity index (χ1v) is 9.73. The zero-order chi connectivity index (χ0) is 22.1. The molecule has 8 heteroatoms. The van der Waals surface area contributed by atoms with E-state index in [4.69, 9.17) is 9.47 Å². The number of amides is 1. The van der Waals surface area contributed by atoms with E-state index in [1.54, 1.807) is 7.11 Å². The van der Waals surface area contributed by atoms with Gasteiger partial charge in [0.2, 0.25) is 17.7 Å². The van der Waals surface area contributed by atoms with Crippen LogP contribution in [0.25, 0.3) is 0 Å². The third-order valence-electron chi connectivity index (χ3n) is 4.36. The van der Waals surface area contributed by atoms with Gasteiger partial charge in [0.15, 0.2) is 0 Å². The number of carbonyl (C=O) groups excluding carboxylic acids is 1. The van der Waals surface area contributed by atoms with Crippen molar-refractivity contribution in [2.24, 2.45) is 0 Å². The molecule has 0 aliphatic heterocycles. The largest absolute Gasteiger partial charge is 0.497 e. The zero-order valence-electron chi connectivity index (χ0n) is 17.4. The van der Waals surface area contributed by atoms with E-state index in [1.807, 2.05) is 54.6 Å². The first-order valence-electron chi connectivity index (χ1n) is 9.73. The predicted molar refractivity (Wildman–Crippen MR) is 116 cm³/mol. The number of ether oxygens (including phenoxy) is 2. The molecule has 0 radical (unpaired) electrons. The van der Waals surface area contributed by atoms with Crippen molar-refractivity contribution < 1.29 is 14.3 Å². The maximum absolute atomic E-state index is 10.9. The number of carbonyl (C=O) groups is 1. The van der Waals surface area contributed by atoms with Crippen LogP contribution >= 0.6 is 0 Å². The number of rotatable bonds is 9. The van der Waals surface area contributed by atoms with Gasteiger partial charge in [0, 0.05) is 26.1 Å². The second-order valence-corrected chi connectivity index (χ2v) is 6.71. The molecule has 0 saturated carbocycles. The fourth-order valence-electron chi connectivity index (χ4n) is 2.77. The highest BCUT2D eigenvalue weighted by Gasteiger charge is 2.07. The Morgan fingerprint density at radius 1 is 1.03 bits per heavy atom. The van der Waals surface area contributed by atoms with Crippen LogP contribution in [0.4, 0.5) is 5.95 Å². The summed E-state index contributed by atoms with van der Waals surface area (Å²) in [5, 5.41) is 15.2. The van der Waals surface area contributed by atoms with Gasteiger partial charge in [-0.25, -0.2) is 4.98 Å². The van der Waals surface area contributed by atoms with Crippen LogP contribution in [0.5, 0.6) is 17.4 Å². The Labute approximate surface area is 180 Å². The lowest BCUT2D eigenvalue weighted by Crippen LogP contribution is -2.22. The molecule has 158 valence electrons. The van der Waals surface area contributed by atoms with Gasteiger partial charge in [0.25, 0.3) is 0 Å². The number of nitriles is 1. The number of nitrogens with one attached hydrogen (secondary N) is 2. The third-order valence-corrected chi connectivity index (χ3v) is 4.36. The summed E-state index contributed by atoms with van der Waals surface area (Å²) >= 11 is 0. The number of nitrogens with zero attached hydrogens (tertiary/aromatic N) is 3. The summed E-state index contributed by atoms with van der Waals surface area (Å²) in [6.07, 6.45) is 0.728. The van der Waals surface area contributed by atoms with Crippen molar-refractivity contribution in [1.82, 2.24) is 15.3 Å². The molecule has 0 fully saturated rings. The normalized spacial score (nSPS) is 10.1. The highest BCUT2D eigenvalue weighted by molar-refractivity contribution is 5.72. The van der Waals surface area contributed by atoms with Crippen LogP contribution in [0, 0.1) is 11.3 Å². The maximum atomic E-state index is 10.9. The summed E-state index contributed by atoms with van der Waals surface area (Å²) in [7, 11) is 1.62. The first-order chi connectivity index (χ1) is 15.1. The molecule has 0 aliphatic rings. The van der Waals surface area contributed by atoms with Gasteiger partial charge in [-0.2, -0.15) is 10.2 Å². The number of hydrogen-bond acceptors (Lipinski definition) is 7. The lowest BCUT2D eigenvalue weighted by atomic mass is 10.1. The van der Waals surface area contributed by atoms with Crippen LogP contribution in [0.15, 0.2) is 54.6 Å². The standard InChI is InChI=1S/C23H23N5O3/c1-16(29)25-12-11-17-3-9-21(10-4-17)31-22-13-19(14-24)27-23(28-22)26-15-18-5-7-20(30-2)8-6-18/h3-10,13H,11-12,15H2,1-2H3,(H,25,29)(H,26,27,28). The second-order valence-electron chi connectivity index (χ2n) is 6.71. The Morgan fingerprint density at radius 2 is 1.71 bits per heavy atom. The van der Waals surface area contributed by atoms with Gasteiger partial charge in [0.1, 0.15) is 23.3 Å². The van der Waals surface area contributed by atoms with Crippen LogP contribution < -0.4 is 20.1 Å². The van der Waals surface area contributed by atoms with Gasteiger partial charge >= 0.3 is 0 Å². The van der Waals surface area contributed by atoms with Crippen LogP contribution in [0.3, 0.4) is 0 Å². The summed E-state index contributed by atoms with van der Waals surface area (Å²) < 4.78 is 11.0. The Kier molecular flexibility index (Phi) is 7.38. The average Bonchev–Trinajstić information content (AvgIpc) is 2.79. The molecule has 1 heterocycles. The summed E-state index contributed by atoms with van der Waals surface area (Å²) in [5.74, 6) is 1.90. The van der Waals surface area contributed by atoms with Crippen molar-refractivity contribution in [3.8, 4) is 23.4 Å². The Balaban J connectivity index is 1.64. The predicted octanol–water partition coefficient (Wildman–Crippen LogP) is 3.44. The van der Waals surface area contributed by atoms with E-state index >= 15 is 0 Å². The van der Waals surface area contributed by atoms with Crippen molar-refractivity contribution in [2.45, 2.75) is 19.9 Å². The van der Waals surface area contributed by atoms with E-state index in [-0.39, 0.29) is 17.5 Å². The molecule has 2 N–H and O–H groups in total. The van der Waals surface area contributed by atoms with E-state index in [0.29, 0.717) is 24.8 Å². The van der Waals surface area contributed by atoms with Gasteiger partial charge < -0.3 is 20.1 Å². The van der Waals surface area contributed by atoms with Crippen molar-refractivity contribution in [2.75, 3.05) is 19.0 Å². The van der Waals surface area contributed by atoms with Crippen molar-refractivity contribution in [3.05, 3.63) is 71.4 Å². The van der Waals surface area contributed by atoms with Crippen LogP contribution in [0.1, 0.15) is 23.7 Å². The number of hydrogen-bond donors (Lipinski definition) is 2. The summed E-state index contributed by atoms with van der Waals surface area (Å²) in [5.41, 5.74) is 2.29. The molecule has 0 saturated heterocycles. The molecule has 8 nitrogen and oxygen atoms in total. The molecule has 0 unspecified atom stereocenters. The fourth-order valence-corrected chi connectivity index (χ4v) is 2.77. The van der Waals surface area contributed by atoms with Gasteiger partial charge in [-0.15, -0.1) is 0 Å². The summed E-state index contributed by atoms with van der Waals surface area (Å²) in [6.45, 7) is 2.56. The molecule has 0 bridgehead atoms. The average molecular weight is 417 g/mol. The van der Waals surface area contributed by atoms with Gasteiger partial charge in [-0.05, 0) is 41.8 Å². The lowest BCUT2D eigenvalue weighted by Gasteiger charge is -2.10. The molecule has 3 aromatic rings. The monoisotopic (exact) mass is 417 g/mol. The fraction of sp³-hybridized carbons (Fsp3) is 0.217. The van der Waals surface area contributed by atoms with Crippen molar-refractivity contribution in [1.29, 1.82) is 5.26 Å². The SMILES string of the molecule is COc1ccc(CNc2nc(C#N)cc(Oc3ccc(CCNC(C)=O)cc3)n2)cc1. The topological polar surface area (TPSA) is 109 Å². The minimum atomic E-state index is -0.0478. The highest BCUT2D eigenvalue weighted by Crippen LogP contribution is 2.22. The van der Waals surface area contributed by atoms with Crippen LogP contribution in [-0.4, -0.2) is 29.5 Å². The molecule has 1 amide bonds. The number of methoxy groups -OCH3 is 1. The smallest absolute Gasteiger partial charge is 0.227 e. The summed E-state index contributed by atoms with van der Waals surface area (Å²) in [4.78, 5) is 19.5. The molecule has 31 heavy (non-hydrogen) atoms. The Hall–Kier alpha value is -4.12. The van der Waals surface area contributed by atoms with E-state index in [2.05, 4.69) is 20.6 Å². The summed E-state index contributed by atoms with van der Waals surface area (Å²) in [6, 6.07) is 18.6. The van der Waals surface area contributed by atoms with E-state index in [1.165, 1.54) is 13.0 Å². The number of aromatic nitrogens is 2. The van der Waals surface area contributed by atoms with E-state index < -0.39 is 0 Å². The Bertz CT molecular complexity index is 1060. The second kappa shape index (κ2) is 10.6. The van der Waals surface area contributed by atoms with Crippen molar-refractivity contribution in [3.63, 3.8) is 0 Å². The number of anilines is 1. The van der Waals surface area contributed by atoms with E-state index in [0.717, 1.165) is 23.3 Å². The first kappa shape index (κ1) is 21.6. The van der Waals surface area contributed by atoms with Crippen molar-refractivity contribution >= 4 is 11.9 Å². The third kappa shape index (κ3) is 6.72. The molecule has 0 atom stereocenters. The minimum absolute atomic E-state index is 0.0478. The van der Waals surface area contributed by atoms with Gasteiger partial charge in [-0.1, -0.05) is 24.3 Å². The molecule has 0 spiro atoms. The molecular formula is C23H23N5O3. The van der Waals surface area contributed by atoms with Gasteiger partial charge in [-0.3, -0.25) is 4.79 Å². The van der Waals surface area contributed by atoms with E-state index in [9.17, 15) is 10.1 Å². The lowest BCUT2D eigenvalue weighted by molar-refractivity contribution is -0.118.